The van der Waals surface area contributed by atoms with E-state index >= 15 is 0 Å². The summed E-state index contributed by atoms with van der Waals surface area (Å²) in [5, 5.41) is 9.39. The number of hydrogen-bond donors (Lipinski definition) is 1. The number of carbonyl (C=O) groups excluding carboxylic acids is 1. The number of carboxylic acid groups (broad SMARTS) is 1. The van der Waals surface area contributed by atoms with Crippen LogP contribution in [-0.4, -0.2) is 16.9 Å². The van der Waals surface area contributed by atoms with Crippen LogP contribution in [-0.2, 0) is 9.59 Å². The van der Waals surface area contributed by atoms with Gasteiger partial charge in [-0.3, -0.25) is 4.79 Å². The number of rotatable bonds is 2. The zero-order chi connectivity index (χ0) is 15.2. The van der Waals surface area contributed by atoms with Gasteiger partial charge in [-0.15, -0.1) is 0 Å². The molecule has 0 radical (unpaired) electrons. The van der Waals surface area contributed by atoms with Crippen LogP contribution < -0.4 is 0 Å². The summed E-state index contributed by atoms with van der Waals surface area (Å²) < 4.78 is 0. The lowest BCUT2D eigenvalue weighted by Gasteiger charge is -2.48. The summed E-state index contributed by atoms with van der Waals surface area (Å²) in [6.45, 7) is 6.88. The van der Waals surface area contributed by atoms with Crippen LogP contribution in [0.2, 0.25) is 0 Å². The van der Waals surface area contributed by atoms with E-state index in [9.17, 15) is 14.7 Å². The fourth-order valence-electron chi connectivity index (χ4n) is 6.74. The van der Waals surface area contributed by atoms with Crippen LogP contribution in [0.5, 0.6) is 0 Å². The molecule has 0 spiro atoms. The molecule has 0 aromatic rings. The highest BCUT2D eigenvalue weighted by Gasteiger charge is 2.74. The van der Waals surface area contributed by atoms with Crippen molar-refractivity contribution in [3.8, 4) is 0 Å². The smallest absolute Gasteiger partial charge is 0.372 e. The van der Waals surface area contributed by atoms with E-state index in [1.807, 2.05) is 0 Å². The second kappa shape index (κ2) is 3.80. The van der Waals surface area contributed by atoms with Gasteiger partial charge in [-0.2, -0.15) is 0 Å². The van der Waals surface area contributed by atoms with Gasteiger partial charge in [-0.05, 0) is 60.2 Å². The third kappa shape index (κ3) is 1.40. The van der Waals surface area contributed by atoms with Crippen LogP contribution in [0.15, 0.2) is 12.2 Å². The molecule has 0 amide bonds. The Morgan fingerprint density at radius 3 is 2.48 bits per heavy atom. The average Bonchev–Trinajstić information content (AvgIpc) is 3.12. The highest BCUT2D eigenvalue weighted by molar-refractivity contribution is 6.35. The fraction of sp³-hybridized carbons (Fsp3) is 0.778. The molecule has 0 aromatic carbocycles. The van der Waals surface area contributed by atoms with Crippen molar-refractivity contribution in [1.82, 2.24) is 0 Å². The van der Waals surface area contributed by atoms with Crippen molar-refractivity contribution < 1.29 is 14.7 Å². The Morgan fingerprint density at radius 2 is 1.86 bits per heavy atom. The first-order valence-electron chi connectivity index (χ1n) is 8.24. The summed E-state index contributed by atoms with van der Waals surface area (Å²) in [4.78, 5) is 24.1. The topological polar surface area (TPSA) is 54.4 Å². The maximum absolute atomic E-state index is 12.7. The lowest BCUT2D eigenvalue weighted by Crippen LogP contribution is -2.51. The zero-order valence-corrected chi connectivity index (χ0v) is 13.0. The molecule has 3 fully saturated rings. The third-order valence-corrected chi connectivity index (χ3v) is 7.19. The first-order chi connectivity index (χ1) is 9.77. The van der Waals surface area contributed by atoms with Crippen molar-refractivity contribution in [2.75, 3.05) is 0 Å². The molecule has 4 aliphatic rings. The number of carboxylic acids is 1. The van der Waals surface area contributed by atoms with Gasteiger partial charge in [0, 0.05) is 0 Å². The van der Waals surface area contributed by atoms with Crippen LogP contribution in [0.3, 0.4) is 0 Å². The molecule has 1 N–H and O–H groups in total. The minimum atomic E-state index is -1.21. The monoisotopic (exact) mass is 288 g/mol. The number of allylic oxidation sites excluding steroid dienone is 2. The van der Waals surface area contributed by atoms with Crippen LogP contribution >= 0.6 is 0 Å². The van der Waals surface area contributed by atoms with E-state index in [1.165, 1.54) is 0 Å². The Balaban J connectivity index is 1.80. The predicted octanol–water partition coefficient (Wildman–Crippen LogP) is 3.15. The zero-order valence-electron chi connectivity index (χ0n) is 13.0. The van der Waals surface area contributed by atoms with E-state index in [0.717, 1.165) is 19.3 Å². The minimum Gasteiger partial charge on any atom is -0.475 e. The van der Waals surface area contributed by atoms with Gasteiger partial charge in [-0.1, -0.05) is 32.9 Å². The largest absolute Gasteiger partial charge is 0.475 e. The summed E-state index contributed by atoms with van der Waals surface area (Å²) in [7, 11) is 0. The van der Waals surface area contributed by atoms with E-state index in [4.69, 9.17) is 0 Å². The number of fused-ring (bicyclic) bond motifs is 9. The van der Waals surface area contributed by atoms with Crippen LogP contribution in [0.25, 0.3) is 0 Å². The minimum absolute atomic E-state index is 0.187. The van der Waals surface area contributed by atoms with E-state index < -0.39 is 17.2 Å². The Labute approximate surface area is 125 Å². The third-order valence-electron chi connectivity index (χ3n) is 7.19. The lowest BCUT2D eigenvalue weighted by atomic mass is 9.54. The maximum Gasteiger partial charge on any atom is 0.372 e. The van der Waals surface area contributed by atoms with Crippen molar-refractivity contribution in [1.29, 1.82) is 0 Å². The van der Waals surface area contributed by atoms with Gasteiger partial charge < -0.3 is 5.11 Å². The molecular formula is C18H24O3. The van der Waals surface area contributed by atoms with Gasteiger partial charge >= 0.3 is 5.97 Å². The van der Waals surface area contributed by atoms with Crippen molar-refractivity contribution in [3.63, 3.8) is 0 Å². The van der Waals surface area contributed by atoms with E-state index in [1.54, 1.807) is 0 Å². The van der Waals surface area contributed by atoms with Crippen molar-refractivity contribution >= 4 is 11.8 Å². The molecule has 3 saturated carbocycles. The van der Waals surface area contributed by atoms with E-state index in [-0.39, 0.29) is 11.3 Å². The SMILES string of the molecule is CC(C)(C)C1CC2CC1C1C3C=CC(C3)C21C(=O)C(=O)O. The summed E-state index contributed by atoms with van der Waals surface area (Å²) in [5.41, 5.74) is -0.305. The van der Waals surface area contributed by atoms with Gasteiger partial charge in [0.15, 0.2) is 0 Å². The van der Waals surface area contributed by atoms with E-state index in [0.29, 0.717) is 29.6 Å². The van der Waals surface area contributed by atoms with Gasteiger partial charge in [0.2, 0.25) is 5.78 Å². The molecule has 3 heteroatoms. The summed E-state index contributed by atoms with van der Waals surface area (Å²) in [6.07, 6.45) is 7.53. The second-order valence-electron chi connectivity index (χ2n) is 8.79. The van der Waals surface area contributed by atoms with Gasteiger partial charge in [0.25, 0.3) is 0 Å². The summed E-state index contributed by atoms with van der Waals surface area (Å²) in [6, 6.07) is 0. The quantitative estimate of drug-likeness (QED) is 0.482. The summed E-state index contributed by atoms with van der Waals surface area (Å²) >= 11 is 0. The first kappa shape index (κ1) is 13.5. The number of aliphatic carboxylic acids is 1. The van der Waals surface area contributed by atoms with Crippen LogP contribution in [0, 0.1) is 46.3 Å². The first-order valence-corrected chi connectivity index (χ1v) is 8.24. The van der Waals surface area contributed by atoms with Gasteiger partial charge in [0.1, 0.15) is 0 Å². The van der Waals surface area contributed by atoms with Crippen molar-refractivity contribution in [3.05, 3.63) is 12.2 Å². The Morgan fingerprint density at radius 1 is 1.14 bits per heavy atom. The molecule has 21 heavy (non-hydrogen) atoms. The second-order valence-corrected chi connectivity index (χ2v) is 8.79. The molecule has 114 valence electrons. The molecular weight excluding hydrogens is 264 g/mol. The highest BCUT2D eigenvalue weighted by atomic mass is 16.4. The highest BCUT2D eigenvalue weighted by Crippen LogP contribution is 2.75. The Hall–Kier alpha value is -1.12. The fourth-order valence-corrected chi connectivity index (χ4v) is 6.74. The molecule has 7 atom stereocenters. The number of Topliss-reactive ketones (excluding diaryl/α,β-unsaturated/α-hetero) is 1. The molecule has 4 bridgehead atoms. The standard InChI is InChI=1S/C18H24O3/c1-17(2,3)13-8-11-7-12(13)14-9-4-5-10(6-9)18(11,14)15(19)16(20)21/h4-5,9-14H,6-8H2,1-3H3,(H,20,21). The maximum atomic E-state index is 12.7. The van der Waals surface area contributed by atoms with Gasteiger partial charge in [0.05, 0.1) is 5.41 Å². The van der Waals surface area contributed by atoms with Crippen molar-refractivity contribution in [2.24, 2.45) is 46.3 Å². The molecule has 0 saturated heterocycles. The molecule has 4 rings (SSSR count). The molecule has 3 nitrogen and oxygen atoms in total. The number of carbonyl (C=O) groups is 2. The average molecular weight is 288 g/mol. The molecule has 0 heterocycles. The number of ketones is 1. The van der Waals surface area contributed by atoms with Crippen LogP contribution in [0.4, 0.5) is 0 Å². The molecule has 0 aliphatic heterocycles. The molecule has 4 aliphatic carbocycles. The lowest BCUT2D eigenvalue weighted by molar-refractivity contribution is -0.160. The molecule has 0 aromatic heterocycles. The van der Waals surface area contributed by atoms with Gasteiger partial charge in [-0.25, -0.2) is 4.79 Å². The Bertz CT molecular complexity index is 555. The van der Waals surface area contributed by atoms with Crippen LogP contribution in [0.1, 0.15) is 40.0 Å². The number of hydrogen-bond acceptors (Lipinski definition) is 2. The summed E-state index contributed by atoms with van der Waals surface area (Å²) in [5.74, 6) is 0.697. The van der Waals surface area contributed by atoms with Crippen molar-refractivity contribution in [2.45, 2.75) is 40.0 Å². The predicted molar refractivity (Wildman–Crippen MR) is 78.5 cm³/mol. The Kier molecular flexibility index (Phi) is 2.45. The normalized spacial score (nSPS) is 49.7. The molecule has 7 unspecified atom stereocenters. The van der Waals surface area contributed by atoms with E-state index in [2.05, 4.69) is 32.9 Å².